The number of carbonyl (C=O) groups is 1. The van der Waals surface area contributed by atoms with Gasteiger partial charge in [0.25, 0.3) is 0 Å². The van der Waals surface area contributed by atoms with Gasteiger partial charge in [0.2, 0.25) is 0 Å². The van der Waals surface area contributed by atoms with Gasteiger partial charge in [-0.2, -0.15) is 5.10 Å². The van der Waals surface area contributed by atoms with Gasteiger partial charge in [0.1, 0.15) is 17.6 Å². The fourth-order valence-electron chi connectivity index (χ4n) is 1.52. The smallest absolute Gasteiger partial charge is 0.339 e. The second-order valence-electron chi connectivity index (χ2n) is 3.17. The molecule has 0 aromatic carbocycles. The Morgan fingerprint density at radius 1 is 1.38 bits per heavy atom. The average Bonchev–Trinajstić information content (AvgIpc) is 2.73. The summed E-state index contributed by atoms with van der Waals surface area (Å²) in [6.45, 7) is 1.88. The topological polar surface area (TPSA) is 80.9 Å². The van der Waals surface area contributed by atoms with Gasteiger partial charge in [0.15, 0.2) is 0 Å². The largest absolute Gasteiger partial charge is 0.478 e. The van der Waals surface area contributed by atoms with E-state index in [0.29, 0.717) is 17.8 Å². The van der Waals surface area contributed by atoms with Crippen molar-refractivity contribution < 1.29 is 9.90 Å². The van der Waals surface area contributed by atoms with Gasteiger partial charge in [-0.15, -0.1) is 0 Å². The zero-order valence-electron chi connectivity index (χ0n) is 8.66. The Kier molecular flexibility index (Phi) is 2.63. The Hall–Kier alpha value is -2.24. The molecule has 2 aromatic rings. The van der Waals surface area contributed by atoms with Crippen LogP contribution in [0.1, 0.15) is 23.0 Å². The first-order chi connectivity index (χ1) is 7.74. The van der Waals surface area contributed by atoms with Gasteiger partial charge >= 0.3 is 5.97 Å². The molecule has 0 atom stereocenters. The summed E-state index contributed by atoms with van der Waals surface area (Å²) < 4.78 is 1.55. The van der Waals surface area contributed by atoms with E-state index in [0.717, 1.165) is 0 Å². The molecule has 0 spiro atoms. The van der Waals surface area contributed by atoms with Crippen molar-refractivity contribution in [2.45, 2.75) is 13.3 Å². The van der Waals surface area contributed by atoms with E-state index in [1.165, 1.54) is 12.5 Å². The van der Waals surface area contributed by atoms with Crippen molar-refractivity contribution in [2.24, 2.45) is 0 Å². The van der Waals surface area contributed by atoms with Crippen molar-refractivity contribution in [3.63, 3.8) is 0 Å². The first-order valence-electron chi connectivity index (χ1n) is 4.79. The number of aromatic nitrogens is 4. The molecule has 0 unspecified atom stereocenters. The van der Waals surface area contributed by atoms with Crippen LogP contribution in [0.4, 0.5) is 0 Å². The molecule has 2 aromatic heterocycles. The van der Waals surface area contributed by atoms with Crippen molar-refractivity contribution in [2.75, 3.05) is 0 Å². The molecule has 1 N–H and O–H groups in total. The number of carboxylic acids is 1. The van der Waals surface area contributed by atoms with Crippen LogP contribution in [0, 0.1) is 0 Å². The lowest BCUT2D eigenvalue weighted by molar-refractivity contribution is 0.0695. The molecule has 6 nitrogen and oxygen atoms in total. The highest BCUT2D eigenvalue weighted by Gasteiger charge is 2.15. The third kappa shape index (κ3) is 1.65. The molecular formula is C10H10N4O2. The molecule has 2 heterocycles. The molecule has 0 bridgehead atoms. The number of nitrogens with zero attached hydrogens (tertiary/aromatic N) is 4. The van der Waals surface area contributed by atoms with Gasteiger partial charge in [-0.25, -0.2) is 19.4 Å². The Labute approximate surface area is 91.6 Å². The number of rotatable bonds is 3. The molecule has 0 saturated heterocycles. The maximum absolute atomic E-state index is 10.9. The minimum Gasteiger partial charge on any atom is -0.478 e. The first-order valence-corrected chi connectivity index (χ1v) is 4.79. The Morgan fingerprint density at radius 2 is 2.06 bits per heavy atom. The number of carboxylic acid groups (broad SMARTS) is 1. The molecule has 0 aliphatic heterocycles. The van der Waals surface area contributed by atoms with Crippen LogP contribution in [0.15, 0.2) is 24.9 Å². The number of aromatic carboxylic acids is 1. The molecule has 0 amide bonds. The van der Waals surface area contributed by atoms with E-state index in [1.54, 1.807) is 17.1 Å². The quantitative estimate of drug-likeness (QED) is 0.828. The van der Waals surface area contributed by atoms with Crippen LogP contribution in [0.5, 0.6) is 0 Å². The summed E-state index contributed by atoms with van der Waals surface area (Å²) in [6.07, 6.45) is 6.51. The maximum atomic E-state index is 10.9. The van der Waals surface area contributed by atoms with Crippen LogP contribution in [-0.4, -0.2) is 30.8 Å². The second-order valence-corrected chi connectivity index (χ2v) is 3.17. The van der Waals surface area contributed by atoms with E-state index in [2.05, 4.69) is 15.1 Å². The summed E-state index contributed by atoms with van der Waals surface area (Å²) >= 11 is 0. The lowest BCUT2D eigenvalue weighted by atomic mass is 10.2. The van der Waals surface area contributed by atoms with E-state index >= 15 is 0 Å². The summed E-state index contributed by atoms with van der Waals surface area (Å²) in [5.74, 6) is -0.972. The molecule has 6 heteroatoms. The highest BCUT2D eigenvalue weighted by molar-refractivity contribution is 5.88. The molecular weight excluding hydrogens is 208 g/mol. The first kappa shape index (κ1) is 10.3. The summed E-state index contributed by atoms with van der Waals surface area (Å²) in [4.78, 5) is 18.7. The third-order valence-corrected chi connectivity index (χ3v) is 2.23. The lowest BCUT2D eigenvalue weighted by Crippen LogP contribution is -2.06. The molecule has 0 radical (unpaired) electrons. The number of hydrogen-bond donors (Lipinski definition) is 1. The fourth-order valence-corrected chi connectivity index (χ4v) is 1.52. The molecule has 16 heavy (non-hydrogen) atoms. The van der Waals surface area contributed by atoms with Gasteiger partial charge in [-0.05, 0) is 6.42 Å². The van der Waals surface area contributed by atoms with Crippen LogP contribution < -0.4 is 0 Å². The Balaban J connectivity index is 2.54. The maximum Gasteiger partial charge on any atom is 0.339 e. The normalized spacial score (nSPS) is 10.3. The minimum absolute atomic E-state index is 0.214. The van der Waals surface area contributed by atoms with E-state index in [-0.39, 0.29) is 5.56 Å². The predicted molar refractivity (Wildman–Crippen MR) is 55.5 cm³/mol. The van der Waals surface area contributed by atoms with Crippen molar-refractivity contribution in [3.05, 3.63) is 36.2 Å². The molecule has 0 aliphatic rings. The SMILES string of the molecule is CCc1c(C(=O)O)cnn1-c1cncnc1. The third-order valence-electron chi connectivity index (χ3n) is 2.23. The summed E-state index contributed by atoms with van der Waals surface area (Å²) in [5, 5.41) is 13.0. The second kappa shape index (κ2) is 4.09. The standard InChI is InChI=1S/C10H10N4O2/c1-2-9-8(10(15)16)5-13-14(9)7-3-11-6-12-4-7/h3-6H,2H2,1H3,(H,15,16). The summed E-state index contributed by atoms with van der Waals surface area (Å²) in [5.41, 5.74) is 1.51. The summed E-state index contributed by atoms with van der Waals surface area (Å²) in [7, 11) is 0. The van der Waals surface area contributed by atoms with Crippen LogP contribution in [0.25, 0.3) is 5.69 Å². The van der Waals surface area contributed by atoms with Crippen LogP contribution in [0.2, 0.25) is 0 Å². The van der Waals surface area contributed by atoms with Gasteiger partial charge in [-0.3, -0.25) is 0 Å². The highest BCUT2D eigenvalue weighted by atomic mass is 16.4. The van der Waals surface area contributed by atoms with Crippen LogP contribution >= 0.6 is 0 Å². The van der Waals surface area contributed by atoms with Crippen molar-refractivity contribution in [3.8, 4) is 5.69 Å². The van der Waals surface area contributed by atoms with Gasteiger partial charge < -0.3 is 5.11 Å². The molecule has 0 saturated carbocycles. The molecule has 82 valence electrons. The molecule has 0 fully saturated rings. The van der Waals surface area contributed by atoms with E-state index in [1.807, 2.05) is 6.92 Å². The van der Waals surface area contributed by atoms with Gasteiger partial charge in [-0.1, -0.05) is 6.92 Å². The zero-order valence-corrected chi connectivity index (χ0v) is 8.66. The fraction of sp³-hybridized carbons (Fsp3) is 0.200. The average molecular weight is 218 g/mol. The van der Waals surface area contributed by atoms with E-state index in [4.69, 9.17) is 5.11 Å². The monoisotopic (exact) mass is 218 g/mol. The molecule has 0 aliphatic carbocycles. The van der Waals surface area contributed by atoms with Gasteiger partial charge in [0, 0.05) is 0 Å². The highest BCUT2D eigenvalue weighted by Crippen LogP contribution is 2.14. The lowest BCUT2D eigenvalue weighted by Gasteiger charge is -2.04. The molecule has 2 rings (SSSR count). The van der Waals surface area contributed by atoms with Crippen molar-refractivity contribution in [1.29, 1.82) is 0 Å². The van der Waals surface area contributed by atoms with Crippen LogP contribution in [-0.2, 0) is 6.42 Å². The van der Waals surface area contributed by atoms with Crippen molar-refractivity contribution in [1.82, 2.24) is 19.7 Å². The minimum atomic E-state index is -0.972. The van der Waals surface area contributed by atoms with Gasteiger partial charge in [0.05, 0.1) is 24.3 Å². The number of hydrogen-bond acceptors (Lipinski definition) is 4. The van der Waals surface area contributed by atoms with Crippen LogP contribution in [0.3, 0.4) is 0 Å². The van der Waals surface area contributed by atoms with E-state index < -0.39 is 5.97 Å². The Morgan fingerprint density at radius 3 is 2.62 bits per heavy atom. The Bertz CT molecular complexity index is 507. The predicted octanol–water partition coefficient (Wildman–Crippen LogP) is 0.923. The van der Waals surface area contributed by atoms with Crippen molar-refractivity contribution >= 4 is 5.97 Å². The van der Waals surface area contributed by atoms with E-state index in [9.17, 15) is 4.79 Å². The zero-order chi connectivity index (χ0) is 11.5. The summed E-state index contributed by atoms with van der Waals surface area (Å²) in [6, 6.07) is 0.